The number of hydrogen-bond donors (Lipinski definition) is 1. The molecular formula is C9H18N2S. The first kappa shape index (κ1) is 11.8. The van der Waals surface area contributed by atoms with Gasteiger partial charge in [-0.3, -0.25) is 0 Å². The molecule has 0 aliphatic rings. The van der Waals surface area contributed by atoms with E-state index >= 15 is 0 Å². The smallest absolute Gasteiger partial charge is 0.0960 e. The molecule has 0 aliphatic carbocycles. The highest BCUT2D eigenvalue weighted by Crippen LogP contribution is 2.00. The second-order valence-corrected chi connectivity index (χ2v) is 4.25. The van der Waals surface area contributed by atoms with Crippen molar-refractivity contribution in [1.82, 2.24) is 5.32 Å². The van der Waals surface area contributed by atoms with Crippen molar-refractivity contribution in [1.29, 1.82) is 5.26 Å². The van der Waals surface area contributed by atoms with Gasteiger partial charge in [0.1, 0.15) is 0 Å². The second kappa shape index (κ2) is 7.45. The van der Waals surface area contributed by atoms with Gasteiger partial charge in [-0.05, 0) is 30.9 Å². The average molecular weight is 186 g/mol. The zero-order chi connectivity index (χ0) is 9.40. The lowest BCUT2D eigenvalue weighted by atomic mass is 10.2. The maximum atomic E-state index is 8.74. The number of nitrogens with one attached hydrogen (secondary N) is 1. The average Bonchev–Trinajstić information content (AvgIpc) is 2.05. The Morgan fingerprint density at radius 2 is 2.17 bits per heavy atom. The largest absolute Gasteiger partial charge is 0.302 e. The van der Waals surface area contributed by atoms with Crippen LogP contribution in [0.4, 0.5) is 0 Å². The van der Waals surface area contributed by atoms with Crippen molar-refractivity contribution in [2.45, 2.75) is 26.3 Å². The molecule has 0 aromatic rings. The van der Waals surface area contributed by atoms with Crippen molar-refractivity contribution in [3.63, 3.8) is 0 Å². The number of thioether (sulfide) groups is 1. The molecule has 0 heterocycles. The van der Waals surface area contributed by atoms with Crippen LogP contribution in [0.25, 0.3) is 0 Å². The number of nitriles is 1. The Balaban J connectivity index is 3.48. The fourth-order valence-electron chi connectivity index (χ4n) is 0.826. The quantitative estimate of drug-likeness (QED) is 0.688. The lowest BCUT2D eigenvalue weighted by Crippen LogP contribution is -2.31. The number of nitrogens with zero attached hydrogens (tertiary/aromatic N) is 1. The molecule has 1 unspecified atom stereocenters. The van der Waals surface area contributed by atoms with Crippen molar-refractivity contribution in [2.75, 3.05) is 18.6 Å². The fraction of sp³-hybridized carbons (Fsp3) is 0.889. The minimum atomic E-state index is 0.0415. The minimum Gasteiger partial charge on any atom is -0.302 e. The van der Waals surface area contributed by atoms with E-state index in [1.807, 2.05) is 0 Å². The Kier molecular flexibility index (Phi) is 7.33. The lowest BCUT2D eigenvalue weighted by molar-refractivity contribution is 0.509. The van der Waals surface area contributed by atoms with Crippen molar-refractivity contribution in [3.8, 4) is 6.07 Å². The highest BCUT2D eigenvalue weighted by molar-refractivity contribution is 7.98. The number of rotatable bonds is 6. The Bertz CT molecular complexity index is 140. The van der Waals surface area contributed by atoms with Gasteiger partial charge in [0.2, 0.25) is 0 Å². The predicted octanol–water partition coefficient (Wildman–Crippen LogP) is 1.88. The van der Waals surface area contributed by atoms with E-state index in [1.54, 1.807) is 11.8 Å². The maximum absolute atomic E-state index is 8.74. The SMILES string of the molecule is CSCCC(C#N)NCC(C)C. The summed E-state index contributed by atoms with van der Waals surface area (Å²) in [7, 11) is 0. The van der Waals surface area contributed by atoms with Gasteiger partial charge in [-0.25, -0.2) is 0 Å². The third-order valence-electron chi connectivity index (χ3n) is 1.54. The molecule has 0 radical (unpaired) electrons. The molecule has 0 spiro atoms. The summed E-state index contributed by atoms with van der Waals surface area (Å²) in [6.45, 7) is 5.23. The van der Waals surface area contributed by atoms with Crippen LogP contribution in [0, 0.1) is 17.2 Å². The highest BCUT2D eigenvalue weighted by Gasteiger charge is 2.05. The van der Waals surface area contributed by atoms with Crippen LogP contribution in [0.2, 0.25) is 0 Å². The van der Waals surface area contributed by atoms with Crippen molar-refractivity contribution < 1.29 is 0 Å². The molecule has 0 saturated heterocycles. The Labute approximate surface area is 79.7 Å². The lowest BCUT2D eigenvalue weighted by Gasteiger charge is -2.12. The van der Waals surface area contributed by atoms with Gasteiger partial charge in [0, 0.05) is 0 Å². The van der Waals surface area contributed by atoms with E-state index in [4.69, 9.17) is 5.26 Å². The molecule has 0 aromatic carbocycles. The van der Waals surface area contributed by atoms with Crippen molar-refractivity contribution in [3.05, 3.63) is 0 Å². The monoisotopic (exact) mass is 186 g/mol. The summed E-state index contributed by atoms with van der Waals surface area (Å²) in [5, 5.41) is 12.0. The van der Waals surface area contributed by atoms with Gasteiger partial charge in [-0.2, -0.15) is 17.0 Å². The van der Waals surface area contributed by atoms with Crippen molar-refractivity contribution in [2.24, 2.45) is 5.92 Å². The predicted molar refractivity (Wildman–Crippen MR) is 55.2 cm³/mol. The molecule has 0 rings (SSSR count). The van der Waals surface area contributed by atoms with Gasteiger partial charge in [0.25, 0.3) is 0 Å². The van der Waals surface area contributed by atoms with E-state index in [2.05, 4.69) is 31.5 Å². The Hall–Kier alpha value is -0.200. The van der Waals surface area contributed by atoms with E-state index in [-0.39, 0.29) is 6.04 Å². The first-order valence-electron chi connectivity index (χ1n) is 4.32. The van der Waals surface area contributed by atoms with Crippen LogP contribution < -0.4 is 5.32 Å². The Morgan fingerprint density at radius 3 is 2.58 bits per heavy atom. The van der Waals surface area contributed by atoms with Crippen LogP contribution in [-0.4, -0.2) is 24.6 Å². The molecule has 3 heteroatoms. The summed E-state index contributed by atoms with van der Waals surface area (Å²) in [6, 6.07) is 2.31. The van der Waals surface area contributed by atoms with E-state index in [1.165, 1.54) is 0 Å². The van der Waals surface area contributed by atoms with Crippen LogP contribution >= 0.6 is 11.8 Å². The molecule has 0 fully saturated rings. The standard InChI is InChI=1S/C9H18N2S/c1-8(2)7-11-9(6-10)4-5-12-3/h8-9,11H,4-5,7H2,1-3H3. The summed E-state index contributed by atoms with van der Waals surface area (Å²) < 4.78 is 0. The van der Waals surface area contributed by atoms with Crippen LogP contribution in [-0.2, 0) is 0 Å². The van der Waals surface area contributed by atoms with Gasteiger partial charge in [0.15, 0.2) is 0 Å². The zero-order valence-electron chi connectivity index (χ0n) is 8.13. The summed E-state index contributed by atoms with van der Waals surface area (Å²) in [6.07, 6.45) is 3.02. The molecular weight excluding hydrogens is 168 g/mol. The third-order valence-corrected chi connectivity index (χ3v) is 2.18. The third kappa shape index (κ3) is 6.51. The molecule has 0 aromatic heterocycles. The first-order valence-corrected chi connectivity index (χ1v) is 5.72. The summed E-state index contributed by atoms with van der Waals surface area (Å²) in [5.74, 6) is 1.68. The van der Waals surface area contributed by atoms with Gasteiger partial charge in [0.05, 0.1) is 12.1 Å². The molecule has 0 saturated carbocycles. The van der Waals surface area contributed by atoms with Gasteiger partial charge < -0.3 is 5.32 Å². The van der Waals surface area contributed by atoms with Crippen LogP contribution in [0.5, 0.6) is 0 Å². The molecule has 0 bridgehead atoms. The summed E-state index contributed by atoms with van der Waals surface area (Å²) in [5.41, 5.74) is 0. The fourth-order valence-corrected chi connectivity index (χ4v) is 1.30. The molecule has 12 heavy (non-hydrogen) atoms. The topological polar surface area (TPSA) is 35.8 Å². The van der Waals surface area contributed by atoms with E-state index in [0.717, 1.165) is 18.7 Å². The van der Waals surface area contributed by atoms with Gasteiger partial charge >= 0.3 is 0 Å². The molecule has 70 valence electrons. The van der Waals surface area contributed by atoms with Crippen LogP contribution in [0.15, 0.2) is 0 Å². The first-order chi connectivity index (χ1) is 5.70. The molecule has 1 atom stereocenters. The molecule has 0 amide bonds. The summed E-state index contributed by atoms with van der Waals surface area (Å²) in [4.78, 5) is 0. The molecule has 2 nitrogen and oxygen atoms in total. The number of hydrogen-bond acceptors (Lipinski definition) is 3. The zero-order valence-corrected chi connectivity index (χ0v) is 8.95. The van der Waals surface area contributed by atoms with Crippen LogP contribution in [0.3, 0.4) is 0 Å². The summed E-state index contributed by atoms with van der Waals surface area (Å²) >= 11 is 1.79. The molecule has 0 aliphatic heterocycles. The maximum Gasteiger partial charge on any atom is 0.0960 e. The van der Waals surface area contributed by atoms with E-state index in [9.17, 15) is 0 Å². The second-order valence-electron chi connectivity index (χ2n) is 3.27. The van der Waals surface area contributed by atoms with Crippen LogP contribution in [0.1, 0.15) is 20.3 Å². The highest BCUT2D eigenvalue weighted by atomic mass is 32.2. The van der Waals surface area contributed by atoms with E-state index in [0.29, 0.717) is 5.92 Å². The molecule has 1 N–H and O–H groups in total. The Morgan fingerprint density at radius 1 is 1.50 bits per heavy atom. The van der Waals surface area contributed by atoms with Crippen molar-refractivity contribution >= 4 is 11.8 Å². The van der Waals surface area contributed by atoms with Gasteiger partial charge in [-0.15, -0.1) is 0 Å². The van der Waals surface area contributed by atoms with Gasteiger partial charge in [-0.1, -0.05) is 13.8 Å². The normalized spacial score (nSPS) is 12.9. The van der Waals surface area contributed by atoms with E-state index < -0.39 is 0 Å². The minimum absolute atomic E-state index is 0.0415.